The lowest BCUT2D eigenvalue weighted by Crippen LogP contribution is -2.35. The van der Waals surface area contributed by atoms with Gasteiger partial charge < -0.3 is 15.1 Å². The first kappa shape index (κ1) is 19.9. The lowest BCUT2D eigenvalue weighted by atomic mass is 10.2. The third-order valence-electron chi connectivity index (χ3n) is 4.73. The molecule has 1 unspecified atom stereocenters. The van der Waals surface area contributed by atoms with E-state index in [-0.39, 0.29) is 4.21 Å². The summed E-state index contributed by atoms with van der Waals surface area (Å²) >= 11 is 2.72. The number of hydrogen-bond acceptors (Lipinski definition) is 9. The van der Waals surface area contributed by atoms with E-state index >= 15 is 0 Å². The molecular weight excluding hydrogens is 454 g/mol. The molecule has 1 aliphatic rings. The van der Waals surface area contributed by atoms with E-state index in [2.05, 4.69) is 14.7 Å². The molecule has 0 bridgehead atoms. The monoisotopic (exact) mass is 471 g/mol. The smallest absolute Gasteiger partial charge is 0.271 e. The van der Waals surface area contributed by atoms with Crippen molar-refractivity contribution in [2.45, 2.75) is 17.3 Å². The number of furan rings is 1. The number of fused-ring (bicyclic) bond motifs is 1. The Labute approximate surface area is 186 Å². The summed E-state index contributed by atoms with van der Waals surface area (Å²) in [6.07, 6.45) is 2.71. The summed E-state index contributed by atoms with van der Waals surface area (Å²) in [6, 6.07) is 12.1. The molecule has 8 nitrogen and oxygen atoms in total. The molecule has 0 aliphatic carbocycles. The molecule has 4 aromatic rings. The standard InChI is InChI=1S/C20H17N5O3S3/c1-12-23-16(10-29-12)17-6-7-18(30-17)31(26,27)24-13-2-4-14(5-3-13)25-11-22-20-15(19(25)21)8-9-28-20/h2-11,19,24H,21H2,1H3. The molecule has 1 atom stereocenters. The average Bonchev–Trinajstić information content (AvgIpc) is 3.49. The second-order valence-corrected chi connectivity index (χ2v) is 10.9. The normalized spacial score (nSPS) is 15.8. The van der Waals surface area contributed by atoms with Crippen molar-refractivity contribution < 1.29 is 12.8 Å². The number of thiophene rings is 1. The van der Waals surface area contributed by atoms with Gasteiger partial charge in [-0.3, -0.25) is 4.72 Å². The van der Waals surface area contributed by atoms with Gasteiger partial charge in [0.05, 0.1) is 27.4 Å². The molecule has 5 rings (SSSR count). The van der Waals surface area contributed by atoms with Crippen molar-refractivity contribution in [3.63, 3.8) is 0 Å². The molecule has 1 aliphatic heterocycles. The van der Waals surface area contributed by atoms with Crippen LogP contribution in [-0.4, -0.2) is 19.7 Å². The molecule has 1 aromatic carbocycles. The van der Waals surface area contributed by atoms with Crippen LogP contribution in [0.4, 0.5) is 17.3 Å². The number of nitrogens with two attached hydrogens (primary N) is 1. The largest absolute Gasteiger partial charge is 0.446 e. The Hall–Kier alpha value is -2.99. The Kier molecular flexibility index (Phi) is 4.89. The highest BCUT2D eigenvalue weighted by molar-refractivity contribution is 7.94. The van der Waals surface area contributed by atoms with E-state index in [1.807, 2.05) is 12.3 Å². The van der Waals surface area contributed by atoms with Crippen LogP contribution in [0.3, 0.4) is 0 Å². The Bertz CT molecular complexity index is 1370. The Balaban J connectivity index is 1.33. The number of aromatic nitrogens is 1. The SMILES string of the molecule is Cc1nc(-c2ccc(S(=O)(=O)Nc3ccc(N4C=Nc5occc5C4N)cc3)s2)cs1. The van der Waals surface area contributed by atoms with E-state index in [0.717, 1.165) is 26.8 Å². The van der Waals surface area contributed by atoms with Crippen LogP contribution < -0.4 is 15.4 Å². The van der Waals surface area contributed by atoms with E-state index in [9.17, 15) is 8.42 Å². The number of benzene rings is 1. The van der Waals surface area contributed by atoms with Crippen LogP contribution in [0.15, 0.2) is 67.7 Å². The van der Waals surface area contributed by atoms with Crippen molar-refractivity contribution in [2.75, 3.05) is 9.62 Å². The highest BCUT2D eigenvalue weighted by Gasteiger charge is 2.24. The molecule has 0 amide bonds. The van der Waals surface area contributed by atoms with Gasteiger partial charge in [-0.25, -0.2) is 18.4 Å². The van der Waals surface area contributed by atoms with Crippen LogP contribution in [0.5, 0.6) is 0 Å². The van der Waals surface area contributed by atoms with E-state index < -0.39 is 16.2 Å². The maximum atomic E-state index is 12.8. The molecule has 0 fully saturated rings. The van der Waals surface area contributed by atoms with Crippen molar-refractivity contribution in [3.05, 3.63) is 64.7 Å². The minimum absolute atomic E-state index is 0.231. The summed E-state index contributed by atoms with van der Waals surface area (Å²) < 4.78 is 33.8. The van der Waals surface area contributed by atoms with Gasteiger partial charge in [-0.2, -0.15) is 0 Å². The predicted octanol–water partition coefficient (Wildman–Crippen LogP) is 4.71. The first-order valence-corrected chi connectivity index (χ1v) is 12.4. The van der Waals surface area contributed by atoms with Gasteiger partial charge in [0, 0.05) is 16.8 Å². The number of nitrogens with zero attached hydrogens (tertiary/aromatic N) is 3. The number of anilines is 2. The quantitative estimate of drug-likeness (QED) is 0.436. The molecular formula is C20H17N5O3S3. The van der Waals surface area contributed by atoms with Crippen LogP contribution in [0.25, 0.3) is 10.6 Å². The minimum Gasteiger partial charge on any atom is -0.446 e. The van der Waals surface area contributed by atoms with Gasteiger partial charge in [0.2, 0.25) is 5.88 Å². The second-order valence-electron chi connectivity index (χ2n) is 6.80. The summed E-state index contributed by atoms with van der Waals surface area (Å²) in [5.41, 5.74) is 9.11. The minimum atomic E-state index is -3.71. The number of aryl methyl sites for hydroxylation is 1. The lowest BCUT2D eigenvalue weighted by molar-refractivity contribution is 0.567. The zero-order valence-corrected chi connectivity index (χ0v) is 18.7. The van der Waals surface area contributed by atoms with E-state index in [1.54, 1.807) is 60.0 Å². The van der Waals surface area contributed by atoms with Gasteiger partial charge in [0.1, 0.15) is 16.7 Å². The highest BCUT2D eigenvalue weighted by atomic mass is 32.2. The fourth-order valence-electron chi connectivity index (χ4n) is 3.19. The van der Waals surface area contributed by atoms with Crippen molar-refractivity contribution >= 4 is 56.3 Å². The summed E-state index contributed by atoms with van der Waals surface area (Å²) in [6.45, 7) is 1.92. The molecule has 0 radical (unpaired) electrons. The maximum Gasteiger partial charge on any atom is 0.271 e. The predicted molar refractivity (Wildman–Crippen MR) is 124 cm³/mol. The number of nitrogens with one attached hydrogen (secondary N) is 1. The Morgan fingerprint density at radius 1 is 1.16 bits per heavy atom. The Morgan fingerprint density at radius 3 is 2.71 bits per heavy atom. The second kappa shape index (κ2) is 7.61. The molecule has 3 aromatic heterocycles. The van der Waals surface area contributed by atoms with Crippen molar-refractivity contribution in [1.82, 2.24) is 4.98 Å². The average molecular weight is 472 g/mol. The fourth-order valence-corrected chi connectivity index (χ4v) is 6.20. The van der Waals surface area contributed by atoms with Crippen LogP contribution in [0, 0.1) is 6.92 Å². The van der Waals surface area contributed by atoms with Gasteiger partial charge in [-0.15, -0.1) is 22.7 Å². The molecule has 0 spiro atoms. The van der Waals surface area contributed by atoms with E-state index in [0.29, 0.717) is 11.6 Å². The topological polar surface area (TPSA) is 114 Å². The molecule has 0 saturated carbocycles. The van der Waals surface area contributed by atoms with Crippen LogP contribution in [0.1, 0.15) is 16.7 Å². The van der Waals surface area contributed by atoms with Crippen molar-refractivity contribution in [1.29, 1.82) is 0 Å². The molecule has 0 saturated heterocycles. The van der Waals surface area contributed by atoms with Gasteiger partial charge in [0.25, 0.3) is 10.0 Å². The number of sulfonamides is 1. The first-order valence-electron chi connectivity index (χ1n) is 9.21. The third-order valence-corrected chi connectivity index (χ3v) is 8.48. The van der Waals surface area contributed by atoms with Crippen LogP contribution in [0.2, 0.25) is 0 Å². The first-order chi connectivity index (χ1) is 14.9. The van der Waals surface area contributed by atoms with Crippen molar-refractivity contribution in [2.24, 2.45) is 10.7 Å². The molecule has 31 heavy (non-hydrogen) atoms. The van der Waals surface area contributed by atoms with Gasteiger partial charge in [-0.05, 0) is 49.4 Å². The van der Waals surface area contributed by atoms with Crippen LogP contribution >= 0.6 is 22.7 Å². The van der Waals surface area contributed by atoms with Gasteiger partial charge in [0.15, 0.2) is 0 Å². The lowest BCUT2D eigenvalue weighted by Gasteiger charge is -2.29. The number of hydrogen-bond donors (Lipinski definition) is 2. The highest BCUT2D eigenvalue weighted by Crippen LogP contribution is 2.35. The third kappa shape index (κ3) is 3.76. The number of rotatable bonds is 5. The van der Waals surface area contributed by atoms with E-state index in [4.69, 9.17) is 10.2 Å². The zero-order chi connectivity index (χ0) is 21.6. The Morgan fingerprint density at radius 2 is 1.97 bits per heavy atom. The van der Waals surface area contributed by atoms with Gasteiger partial charge >= 0.3 is 0 Å². The molecule has 4 heterocycles. The zero-order valence-electron chi connectivity index (χ0n) is 16.2. The maximum absolute atomic E-state index is 12.8. The van der Waals surface area contributed by atoms with Gasteiger partial charge in [-0.1, -0.05) is 0 Å². The van der Waals surface area contributed by atoms with Crippen molar-refractivity contribution in [3.8, 4) is 10.6 Å². The summed E-state index contributed by atoms with van der Waals surface area (Å²) in [4.78, 5) is 11.3. The van der Waals surface area contributed by atoms with E-state index in [1.165, 1.54) is 22.7 Å². The summed E-state index contributed by atoms with van der Waals surface area (Å²) in [5, 5.41) is 2.86. The van der Waals surface area contributed by atoms with Crippen LogP contribution in [-0.2, 0) is 10.0 Å². The summed E-state index contributed by atoms with van der Waals surface area (Å²) in [5.74, 6) is 0.497. The summed E-state index contributed by atoms with van der Waals surface area (Å²) in [7, 11) is -3.71. The number of thiazole rings is 1. The number of aliphatic imine (C=N–C) groups is 1. The molecule has 158 valence electrons. The molecule has 11 heteroatoms. The molecule has 3 N–H and O–H groups in total. The fraction of sp³-hybridized carbons (Fsp3) is 0.100.